The fraction of sp³-hybridized carbons (Fsp3) is 0.556. The molecule has 2 atom stereocenters. The van der Waals surface area contributed by atoms with Crippen LogP contribution in [0.4, 0.5) is 0 Å². The van der Waals surface area contributed by atoms with E-state index < -0.39 is 0 Å². The highest BCUT2D eigenvalue weighted by atomic mass is 16.3. The number of hydrogen-bond donors (Lipinski definition) is 0. The number of allylic oxidation sites excluding steroid dienone is 2. The molecule has 0 amide bonds. The standard InChI is InChI=1S/C16H20O3.C2H6/c1-8(2)15-13(17)7-14(18)16(15)10(4)12-6-9(3)19-11(12)5;1-2/h6,10,16H,7H2,1-5H3;1-2H3. The van der Waals surface area contributed by atoms with Gasteiger partial charge in [-0.25, -0.2) is 0 Å². The molecule has 2 rings (SSSR count). The zero-order chi connectivity index (χ0) is 16.3. The maximum atomic E-state index is 12.1. The van der Waals surface area contributed by atoms with Gasteiger partial charge in [0.2, 0.25) is 0 Å². The Morgan fingerprint density at radius 2 is 1.81 bits per heavy atom. The molecule has 1 aliphatic rings. The third-order valence-electron chi connectivity index (χ3n) is 3.90. The van der Waals surface area contributed by atoms with E-state index in [4.69, 9.17) is 4.42 Å². The number of carbonyl (C=O) groups excluding carboxylic acids is 2. The number of aryl methyl sites for hydroxylation is 2. The molecule has 116 valence electrons. The first-order chi connectivity index (χ1) is 9.82. The van der Waals surface area contributed by atoms with Crippen LogP contribution in [0.25, 0.3) is 0 Å². The van der Waals surface area contributed by atoms with E-state index in [1.165, 1.54) is 0 Å². The SMILES string of the molecule is CC.CC(C)=C1C(=O)CC(=O)C1C(C)c1cc(C)oc1C. The molecule has 0 N–H and O–H groups in total. The summed E-state index contributed by atoms with van der Waals surface area (Å²) in [5.41, 5.74) is 2.69. The van der Waals surface area contributed by atoms with Gasteiger partial charge in [0.1, 0.15) is 17.3 Å². The van der Waals surface area contributed by atoms with Crippen molar-refractivity contribution in [1.82, 2.24) is 0 Å². The topological polar surface area (TPSA) is 47.3 Å². The number of rotatable bonds is 2. The third kappa shape index (κ3) is 3.34. The Balaban J connectivity index is 0.00000106. The van der Waals surface area contributed by atoms with Gasteiger partial charge in [0.15, 0.2) is 5.78 Å². The van der Waals surface area contributed by atoms with E-state index >= 15 is 0 Å². The van der Waals surface area contributed by atoms with Gasteiger partial charge in [-0.05, 0) is 45.2 Å². The molecule has 3 heteroatoms. The zero-order valence-electron chi connectivity index (χ0n) is 14.2. The van der Waals surface area contributed by atoms with Crippen LogP contribution in [-0.2, 0) is 9.59 Å². The summed E-state index contributed by atoms with van der Waals surface area (Å²) in [5, 5.41) is 0. The molecular formula is C18H26O3. The Kier molecular flexibility index (Phi) is 5.70. The molecule has 1 heterocycles. The van der Waals surface area contributed by atoms with Crippen molar-refractivity contribution in [2.75, 3.05) is 0 Å². The third-order valence-corrected chi connectivity index (χ3v) is 3.90. The normalized spacial score (nSPS) is 19.4. The van der Waals surface area contributed by atoms with Gasteiger partial charge in [0.25, 0.3) is 0 Å². The van der Waals surface area contributed by atoms with E-state index in [1.54, 1.807) is 0 Å². The van der Waals surface area contributed by atoms with Gasteiger partial charge in [0, 0.05) is 5.57 Å². The Morgan fingerprint density at radius 3 is 2.24 bits per heavy atom. The Morgan fingerprint density at radius 1 is 1.24 bits per heavy atom. The average molecular weight is 290 g/mol. The first-order valence-corrected chi connectivity index (χ1v) is 7.63. The van der Waals surface area contributed by atoms with Crippen molar-refractivity contribution in [2.45, 2.75) is 60.8 Å². The molecule has 1 aromatic heterocycles. The monoisotopic (exact) mass is 290 g/mol. The van der Waals surface area contributed by atoms with Crippen LogP contribution in [0.2, 0.25) is 0 Å². The van der Waals surface area contributed by atoms with Gasteiger partial charge in [-0.1, -0.05) is 26.3 Å². The van der Waals surface area contributed by atoms with Gasteiger partial charge in [-0.2, -0.15) is 0 Å². The van der Waals surface area contributed by atoms with E-state index in [2.05, 4.69) is 0 Å². The minimum atomic E-state index is -0.312. The largest absolute Gasteiger partial charge is 0.466 e. The number of furan rings is 1. The molecule has 0 saturated heterocycles. The van der Waals surface area contributed by atoms with Crippen molar-refractivity contribution < 1.29 is 14.0 Å². The second-order valence-corrected chi connectivity index (χ2v) is 5.61. The lowest BCUT2D eigenvalue weighted by Gasteiger charge is -2.19. The van der Waals surface area contributed by atoms with Crippen molar-refractivity contribution in [3.63, 3.8) is 0 Å². The van der Waals surface area contributed by atoms with Gasteiger partial charge in [-0.3, -0.25) is 9.59 Å². The second-order valence-electron chi connectivity index (χ2n) is 5.61. The summed E-state index contributed by atoms with van der Waals surface area (Å²) in [7, 11) is 0. The van der Waals surface area contributed by atoms with Crippen LogP contribution in [0.5, 0.6) is 0 Å². The first-order valence-electron chi connectivity index (χ1n) is 7.63. The molecule has 0 aliphatic heterocycles. The van der Waals surface area contributed by atoms with Crippen molar-refractivity contribution in [2.24, 2.45) is 5.92 Å². The highest BCUT2D eigenvalue weighted by Crippen LogP contribution is 2.40. The molecule has 1 saturated carbocycles. The highest BCUT2D eigenvalue weighted by Gasteiger charge is 2.41. The van der Waals surface area contributed by atoms with Crippen molar-refractivity contribution in [1.29, 1.82) is 0 Å². The summed E-state index contributed by atoms with van der Waals surface area (Å²) in [6.45, 7) is 13.6. The smallest absolute Gasteiger partial charge is 0.166 e. The number of carbonyl (C=O) groups is 2. The van der Waals surface area contributed by atoms with E-state index in [-0.39, 0.29) is 29.8 Å². The van der Waals surface area contributed by atoms with Crippen LogP contribution in [0.15, 0.2) is 21.6 Å². The fourth-order valence-corrected chi connectivity index (χ4v) is 3.10. The molecule has 1 fully saturated rings. The lowest BCUT2D eigenvalue weighted by molar-refractivity contribution is -0.122. The molecule has 1 aliphatic carbocycles. The zero-order valence-corrected chi connectivity index (χ0v) is 14.2. The van der Waals surface area contributed by atoms with Crippen molar-refractivity contribution in [3.05, 3.63) is 34.3 Å². The van der Waals surface area contributed by atoms with Crippen molar-refractivity contribution in [3.8, 4) is 0 Å². The molecular weight excluding hydrogens is 264 g/mol. The van der Waals surface area contributed by atoms with Crippen LogP contribution in [0, 0.1) is 19.8 Å². The Labute approximate surface area is 127 Å². The average Bonchev–Trinajstić information content (AvgIpc) is 2.90. The van der Waals surface area contributed by atoms with Crippen LogP contribution in [0.1, 0.15) is 64.0 Å². The summed E-state index contributed by atoms with van der Waals surface area (Å²) in [6.07, 6.45) is 0.0470. The minimum absolute atomic E-state index is 0.0127. The van der Waals surface area contributed by atoms with Gasteiger partial charge in [0.05, 0.1) is 12.3 Å². The molecule has 0 bridgehead atoms. The Bertz CT molecular complexity index is 571. The lowest BCUT2D eigenvalue weighted by atomic mass is 9.82. The van der Waals surface area contributed by atoms with Gasteiger partial charge >= 0.3 is 0 Å². The fourth-order valence-electron chi connectivity index (χ4n) is 3.10. The molecule has 1 aromatic rings. The molecule has 0 aromatic carbocycles. The van der Waals surface area contributed by atoms with Gasteiger partial charge in [-0.15, -0.1) is 0 Å². The lowest BCUT2D eigenvalue weighted by Crippen LogP contribution is -2.17. The van der Waals surface area contributed by atoms with E-state index in [0.717, 1.165) is 22.7 Å². The summed E-state index contributed by atoms with van der Waals surface area (Å²) in [6, 6.07) is 1.97. The first kappa shape index (κ1) is 17.4. The van der Waals surface area contributed by atoms with Crippen LogP contribution < -0.4 is 0 Å². The number of ketones is 2. The van der Waals surface area contributed by atoms with Crippen LogP contribution >= 0.6 is 0 Å². The summed E-state index contributed by atoms with van der Waals surface area (Å²) in [5.74, 6) is 1.38. The second kappa shape index (κ2) is 6.88. The van der Waals surface area contributed by atoms with Crippen LogP contribution in [-0.4, -0.2) is 11.6 Å². The highest BCUT2D eigenvalue weighted by molar-refractivity contribution is 6.18. The van der Waals surface area contributed by atoms with E-state index in [1.807, 2.05) is 54.5 Å². The molecule has 0 spiro atoms. The van der Waals surface area contributed by atoms with E-state index in [9.17, 15) is 9.59 Å². The van der Waals surface area contributed by atoms with Crippen molar-refractivity contribution >= 4 is 11.6 Å². The maximum absolute atomic E-state index is 12.1. The van der Waals surface area contributed by atoms with Gasteiger partial charge < -0.3 is 4.42 Å². The quantitative estimate of drug-likeness (QED) is 0.594. The Hall–Kier alpha value is -1.64. The number of hydrogen-bond acceptors (Lipinski definition) is 3. The predicted octanol–water partition coefficient (Wildman–Crippen LogP) is 4.52. The summed E-state index contributed by atoms with van der Waals surface area (Å²) >= 11 is 0. The molecule has 0 radical (unpaired) electrons. The summed E-state index contributed by atoms with van der Waals surface area (Å²) in [4.78, 5) is 24.1. The molecule has 21 heavy (non-hydrogen) atoms. The minimum Gasteiger partial charge on any atom is -0.466 e. The maximum Gasteiger partial charge on any atom is 0.166 e. The van der Waals surface area contributed by atoms with Crippen LogP contribution in [0.3, 0.4) is 0 Å². The number of Topliss-reactive ketones (excluding diaryl/α,β-unsaturated/α-hetero) is 2. The predicted molar refractivity (Wildman–Crippen MR) is 84.4 cm³/mol. The molecule has 3 nitrogen and oxygen atoms in total. The summed E-state index contributed by atoms with van der Waals surface area (Å²) < 4.78 is 5.54. The molecule has 2 unspecified atom stereocenters. The van der Waals surface area contributed by atoms with E-state index in [0.29, 0.717) is 5.57 Å².